The molecule has 128 valence electrons. The number of hydrazine groups is 1. The second-order valence-corrected chi connectivity index (χ2v) is 5.09. The average Bonchev–Trinajstić information content (AvgIpc) is 3.04. The molecule has 0 saturated heterocycles. The fourth-order valence-electron chi connectivity index (χ4n) is 2.40. The lowest BCUT2D eigenvalue weighted by Crippen LogP contribution is -2.29. The highest BCUT2D eigenvalue weighted by atomic mass is 16.6. The normalized spacial score (nSPS) is 10.6. The maximum Gasteiger partial charge on any atom is 0.315 e. The molecule has 0 unspecified atom stereocenters. The highest BCUT2D eigenvalue weighted by molar-refractivity contribution is 5.97. The van der Waals surface area contributed by atoms with Crippen molar-refractivity contribution in [3.05, 3.63) is 46.0 Å². The number of benzene rings is 2. The van der Waals surface area contributed by atoms with E-state index in [2.05, 4.69) is 9.97 Å². The molecule has 0 fully saturated rings. The van der Waals surface area contributed by atoms with E-state index in [1.54, 1.807) is 18.2 Å². The molecule has 0 aliphatic heterocycles. The van der Waals surface area contributed by atoms with E-state index in [4.69, 9.17) is 10.6 Å². The Hall–Kier alpha value is -3.66. The third-order valence-corrected chi connectivity index (χ3v) is 3.62. The van der Waals surface area contributed by atoms with E-state index in [0.717, 1.165) is 0 Å². The van der Waals surface area contributed by atoms with E-state index in [1.807, 2.05) is 5.43 Å². The summed E-state index contributed by atoms with van der Waals surface area (Å²) in [5, 5.41) is 20.9. The summed E-state index contributed by atoms with van der Waals surface area (Å²) in [5.74, 6) is 4.36. The number of hydrogen-bond acceptors (Lipinski definition) is 7. The Kier molecular flexibility index (Phi) is 3.95. The first-order valence-electron chi connectivity index (χ1n) is 7.01. The van der Waals surface area contributed by atoms with Crippen LogP contribution in [0.25, 0.3) is 22.4 Å². The summed E-state index contributed by atoms with van der Waals surface area (Å²) < 4.78 is 4.97. The smallest absolute Gasteiger partial charge is 0.315 e. The van der Waals surface area contributed by atoms with E-state index >= 15 is 0 Å². The van der Waals surface area contributed by atoms with Gasteiger partial charge in [-0.3, -0.25) is 20.3 Å². The van der Waals surface area contributed by atoms with E-state index < -0.39 is 22.3 Å². The number of rotatable bonds is 4. The second-order valence-electron chi connectivity index (χ2n) is 5.09. The number of carbonyl (C=O) groups is 1. The first-order chi connectivity index (χ1) is 11.9. The van der Waals surface area contributed by atoms with Crippen molar-refractivity contribution in [2.75, 3.05) is 7.11 Å². The molecule has 25 heavy (non-hydrogen) atoms. The molecule has 0 bridgehead atoms. The lowest BCUT2D eigenvalue weighted by molar-refractivity contribution is -0.385. The summed E-state index contributed by atoms with van der Waals surface area (Å²) in [7, 11) is 1.29. The SMILES string of the molecule is COc1cc(-c2nc3ccc(C(=O)NN)cc3[nH]2)cc([N+](=O)[O-])c1O. The predicted molar refractivity (Wildman–Crippen MR) is 88.1 cm³/mol. The van der Waals surface area contributed by atoms with Gasteiger partial charge in [0.25, 0.3) is 5.91 Å². The molecule has 0 aliphatic carbocycles. The maximum absolute atomic E-state index is 11.6. The molecule has 10 heteroatoms. The summed E-state index contributed by atoms with van der Waals surface area (Å²) >= 11 is 0. The predicted octanol–water partition coefficient (Wildman–Crippen LogP) is 1.46. The standard InChI is InChI=1S/C15H13N5O5/c1-25-12-6-8(5-11(13(12)21)20(23)24)14-17-9-3-2-7(15(22)19-16)4-10(9)18-14/h2-6,21H,16H2,1H3,(H,17,18)(H,19,22). The summed E-state index contributed by atoms with van der Waals surface area (Å²) in [6.07, 6.45) is 0. The van der Waals surface area contributed by atoms with Crippen molar-refractivity contribution in [2.45, 2.75) is 0 Å². The number of phenolic OH excluding ortho intramolecular Hbond substituents is 1. The molecule has 3 rings (SSSR count). The van der Waals surface area contributed by atoms with Crippen LogP contribution in [0.5, 0.6) is 11.5 Å². The van der Waals surface area contributed by atoms with Crippen molar-refractivity contribution < 1.29 is 19.6 Å². The minimum Gasteiger partial charge on any atom is -0.500 e. The van der Waals surface area contributed by atoms with Crippen LogP contribution in [-0.4, -0.2) is 33.0 Å². The zero-order valence-electron chi connectivity index (χ0n) is 12.9. The molecule has 1 amide bonds. The highest BCUT2D eigenvalue weighted by Crippen LogP contribution is 2.39. The third-order valence-electron chi connectivity index (χ3n) is 3.62. The van der Waals surface area contributed by atoms with Crippen LogP contribution >= 0.6 is 0 Å². The van der Waals surface area contributed by atoms with Crippen LogP contribution in [0, 0.1) is 10.1 Å². The minimum atomic E-state index is -0.715. The minimum absolute atomic E-state index is 0.0483. The number of nitrogens with zero attached hydrogens (tertiary/aromatic N) is 2. The fraction of sp³-hybridized carbons (Fsp3) is 0.0667. The number of nitrogens with two attached hydrogens (primary N) is 1. The molecule has 0 saturated carbocycles. The van der Waals surface area contributed by atoms with E-state index in [0.29, 0.717) is 28.0 Å². The van der Waals surface area contributed by atoms with Crippen LogP contribution < -0.4 is 16.0 Å². The number of nitrogen functional groups attached to an aromatic ring is 1. The number of carbonyl (C=O) groups excluding carboxylic acids is 1. The van der Waals surface area contributed by atoms with Gasteiger partial charge in [-0.2, -0.15) is 0 Å². The quantitative estimate of drug-likeness (QED) is 0.242. The third kappa shape index (κ3) is 2.81. The van der Waals surface area contributed by atoms with Gasteiger partial charge in [0.1, 0.15) is 5.82 Å². The number of hydrogen-bond donors (Lipinski definition) is 4. The molecular formula is C15H13N5O5. The number of aromatic amines is 1. The number of amides is 1. The lowest BCUT2D eigenvalue weighted by atomic mass is 10.1. The summed E-state index contributed by atoms with van der Waals surface area (Å²) in [6.45, 7) is 0. The number of imidazole rings is 1. The largest absolute Gasteiger partial charge is 0.500 e. The molecule has 5 N–H and O–H groups in total. The van der Waals surface area contributed by atoms with Crippen molar-refractivity contribution in [1.29, 1.82) is 0 Å². The molecule has 1 aromatic heterocycles. The number of nitrogens with one attached hydrogen (secondary N) is 2. The number of fused-ring (bicyclic) bond motifs is 1. The molecule has 0 spiro atoms. The number of methoxy groups -OCH3 is 1. The average molecular weight is 343 g/mol. The van der Waals surface area contributed by atoms with Gasteiger partial charge in [0.05, 0.1) is 23.1 Å². The molecule has 10 nitrogen and oxygen atoms in total. The number of aromatic hydroxyl groups is 1. The second kappa shape index (κ2) is 6.09. The van der Waals surface area contributed by atoms with Gasteiger partial charge in [-0.1, -0.05) is 0 Å². The van der Waals surface area contributed by atoms with Crippen molar-refractivity contribution in [2.24, 2.45) is 5.84 Å². The molecule has 1 heterocycles. The van der Waals surface area contributed by atoms with E-state index in [-0.39, 0.29) is 5.75 Å². The van der Waals surface area contributed by atoms with Crippen molar-refractivity contribution in [3.63, 3.8) is 0 Å². The van der Waals surface area contributed by atoms with Crippen LogP contribution in [-0.2, 0) is 0 Å². The Morgan fingerprint density at radius 3 is 2.80 bits per heavy atom. The van der Waals surface area contributed by atoms with Gasteiger partial charge in [0.2, 0.25) is 5.75 Å². The van der Waals surface area contributed by atoms with Gasteiger partial charge in [-0.05, 0) is 24.3 Å². The summed E-state index contributed by atoms with van der Waals surface area (Å²) in [4.78, 5) is 29.3. The number of ether oxygens (including phenoxy) is 1. The Labute approximate surface area is 140 Å². The number of nitro benzene ring substituents is 1. The van der Waals surface area contributed by atoms with Crippen molar-refractivity contribution in [3.8, 4) is 22.9 Å². The fourth-order valence-corrected chi connectivity index (χ4v) is 2.40. The molecule has 0 radical (unpaired) electrons. The summed E-state index contributed by atoms with van der Waals surface area (Å²) in [5.41, 5.74) is 3.31. The first kappa shape index (κ1) is 16.2. The van der Waals surface area contributed by atoms with Gasteiger partial charge in [-0.25, -0.2) is 10.8 Å². The van der Waals surface area contributed by atoms with Gasteiger partial charge in [-0.15, -0.1) is 0 Å². The Morgan fingerprint density at radius 2 is 2.16 bits per heavy atom. The van der Waals surface area contributed by atoms with Crippen molar-refractivity contribution in [1.82, 2.24) is 15.4 Å². The maximum atomic E-state index is 11.6. The number of aromatic nitrogens is 2. The topological polar surface area (TPSA) is 156 Å². The molecule has 3 aromatic rings. The van der Waals surface area contributed by atoms with Gasteiger partial charge in [0.15, 0.2) is 5.75 Å². The molecule has 0 atom stereocenters. The van der Waals surface area contributed by atoms with Crippen LogP contribution in [0.2, 0.25) is 0 Å². The Morgan fingerprint density at radius 1 is 1.40 bits per heavy atom. The van der Waals surface area contributed by atoms with Crippen LogP contribution in [0.4, 0.5) is 5.69 Å². The van der Waals surface area contributed by atoms with Crippen LogP contribution in [0.1, 0.15) is 10.4 Å². The summed E-state index contributed by atoms with van der Waals surface area (Å²) in [6, 6.07) is 7.33. The number of H-pyrrole nitrogens is 1. The van der Waals surface area contributed by atoms with Crippen molar-refractivity contribution >= 4 is 22.6 Å². The number of nitro groups is 1. The van der Waals surface area contributed by atoms with E-state index in [9.17, 15) is 20.0 Å². The van der Waals surface area contributed by atoms with Gasteiger partial charge >= 0.3 is 5.69 Å². The monoisotopic (exact) mass is 343 g/mol. The van der Waals surface area contributed by atoms with Gasteiger partial charge in [0, 0.05) is 17.2 Å². The lowest BCUT2D eigenvalue weighted by Gasteiger charge is -2.06. The Balaban J connectivity index is 2.14. The highest BCUT2D eigenvalue weighted by Gasteiger charge is 2.21. The molecule has 2 aromatic carbocycles. The zero-order valence-corrected chi connectivity index (χ0v) is 12.9. The number of phenols is 1. The Bertz CT molecular complexity index is 997. The zero-order chi connectivity index (χ0) is 18.1. The van der Waals surface area contributed by atoms with E-state index in [1.165, 1.54) is 19.2 Å². The van der Waals surface area contributed by atoms with Crippen LogP contribution in [0.3, 0.4) is 0 Å². The van der Waals surface area contributed by atoms with Gasteiger partial charge < -0.3 is 14.8 Å². The molecular weight excluding hydrogens is 330 g/mol. The van der Waals surface area contributed by atoms with Crippen LogP contribution in [0.15, 0.2) is 30.3 Å². The molecule has 0 aliphatic rings. The first-order valence-corrected chi connectivity index (χ1v) is 7.01.